The van der Waals surface area contributed by atoms with Crippen LogP contribution in [-0.4, -0.2) is 27.2 Å². The Morgan fingerprint density at radius 2 is 2.32 bits per heavy atom. The number of ether oxygens (including phenoxy) is 1. The van der Waals surface area contributed by atoms with Gasteiger partial charge in [0.25, 0.3) is 5.22 Å². The van der Waals surface area contributed by atoms with E-state index >= 15 is 0 Å². The fraction of sp³-hybridized carbons (Fsp3) is 0.462. The second-order valence-corrected chi connectivity index (χ2v) is 6.24. The van der Waals surface area contributed by atoms with Gasteiger partial charge in [-0.3, -0.25) is 0 Å². The van der Waals surface area contributed by atoms with Gasteiger partial charge in [0.05, 0.1) is 18.0 Å². The molecule has 1 saturated heterocycles. The van der Waals surface area contributed by atoms with Crippen molar-refractivity contribution in [3.8, 4) is 0 Å². The fourth-order valence-electron chi connectivity index (χ4n) is 2.27. The number of fused-ring (bicyclic) bond motifs is 1. The Bertz CT molecular complexity index is 625. The number of nitrogens with zero attached hydrogens (tertiary/aromatic N) is 1. The minimum Gasteiger partial charge on any atom is -0.430 e. The predicted molar refractivity (Wildman–Crippen MR) is 73.3 cm³/mol. The average molecular weight is 280 g/mol. The van der Waals surface area contributed by atoms with Crippen molar-refractivity contribution in [2.24, 2.45) is 0 Å². The molecule has 0 aliphatic carbocycles. The summed E-state index contributed by atoms with van der Waals surface area (Å²) in [5.41, 5.74) is 7.55. The first-order valence-electron chi connectivity index (χ1n) is 6.32. The van der Waals surface area contributed by atoms with Crippen LogP contribution in [0.4, 0.5) is 5.69 Å². The summed E-state index contributed by atoms with van der Waals surface area (Å²) in [5, 5.41) is 0.253. The van der Waals surface area contributed by atoms with Crippen molar-refractivity contribution in [2.75, 3.05) is 11.5 Å². The van der Waals surface area contributed by atoms with Crippen LogP contribution in [0.5, 0.6) is 0 Å². The average Bonchev–Trinajstić information content (AvgIpc) is 2.95. The van der Waals surface area contributed by atoms with Gasteiger partial charge in [-0.15, -0.1) is 0 Å². The third-order valence-electron chi connectivity index (χ3n) is 3.24. The van der Waals surface area contributed by atoms with Crippen molar-refractivity contribution >= 4 is 27.6 Å². The molecular formula is C13H16N2O3S. The van der Waals surface area contributed by atoms with E-state index in [1.54, 1.807) is 18.2 Å². The molecule has 2 aromatic rings. The zero-order chi connectivity index (χ0) is 13.4. The Hall–Kier alpha value is -1.40. The first kappa shape index (κ1) is 12.6. The molecule has 2 N–H and O–H groups in total. The highest BCUT2D eigenvalue weighted by molar-refractivity contribution is 7.84. The van der Waals surface area contributed by atoms with Crippen molar-refractivity contribution < 1.29 is 13.4 Å². The lowest BCUT2D eigenvalue weighted by molar-refractivity contribution is 0.0693. The Balaban J connectivity index is 1.78. The molecule has 0 spiro atoms. The van der Waals surface area contributed by atoms with Gasteiger partial charge in [0.1, 0.15) is 16.3 Å². The molecule has 3 unspecified atom stereocenters. The minimum atomic E-state index is -1.27. The van der Waals surface area contributed by atoms with Crippen LogP contribution in [0, 0.1) is 0 Å². The van der Waals surface area contributed by atoms with Gasteiger partial charge in [-0.2, -0.15) is 0 Å². The molecule has 1 fully saturated rings. The third kappa shape index (κ3) is 2.64. The lowest BCUT2D eigenvalue weighted by Crippen LogP contribution is -2.17. The molecule has 2 heterocycles. The summed E-state index contributed by atoms with van der Waals surface area (Å²) in [6.45, 7) is 2.03. The van der Waals surface area contributed by atoms with Crippen LogP contribution in [0.1, 0.15) is 19.8 Å². The molecule has 1 aliphatic heterocycles. The first-order valence-corrected chi connectivity index (χ1v) is 7.63. The molecular weight excluding hydrogens is 264 g/mol. The number of anilines is 1. The standard InChI is InChI=1S/C13H16N2O3S/c1-8-2-4-10(17-8)7-19(16)13-15-11-6-9(14)3-5-12(11)18-13/h3,5-6,8,10H,2,4,7,14H2,1H3. The van der Waals surface area contributed by atoms with Crippen LogP contribution < -0.4 is 5.73 Å². The molecule has 1 aliphatic rings. The van der Waals surface area contributed by atoms with Gasteiger partial charge in [-0.1, -0.05) is 0 Å². The SMILES string of the molecule is CC1CCC(CS(=O)c2nc3cc(N)ccc3o2)O1. The summed E-state index contributed by atoms with van der Waals surface area (Å²) < 4.78 is 23.4. The molecule has 0 radical (unpaired) electrons. The van der Waals surface area contributed by atoms with Crippen LogP contribution in [-0.2, 0) is 15.5 Å². The summed E-state index contributed by atoms with van der Waals surface area (Å²) in [6.07, 6.45) is 2.26. The summed E-state index contributed by atoms with van der Waals surface area (Å²) in [5.74, 6) is 0.437. The van der Waals surface area contributed by atoms with Gasteiger partial charge < -0.3 is 14.9 Å². The Kier molecular flexibility index (Phi) is 3.28. The summed E-state index contributed by atoms with van der Waals surface area (Å²) >= 11 is 0. The zero-order valence-electron chi connectivity index (χ0n) is 10.7. The zero-order valence-corrected chi connectivity index (χ0v) is 11.5. The first-order chi connectivity index (χ1) is 9.11. The van der Waals surface area contributed by atoms with Crippen LogP contribution in [0.3, 0.4) is 0 Å². The number of aromatic nitrogens is 1. The molecule has 1 aromatic heterocycles. The highest BCUT2D eigenvalue weighted by Crippen LogP contribution is 2.24. The molecule has 6 heteroatoms. The van der Waals surface area contributed by atoms with Gasteiger partial charge in [-0.25, -0.2) is 9.19 Å². The van der Waals surface area contributed by atoms with Crippen molar-refractivity contribution in [2.45, 2.75) is 37.2 Å². The molecule has 3 atom stereocenters. The molecule has 5 nitrogen and oxygen atoms in total. The normalized spacial score (nSPS) is 24.9. The highest BCUT2D eigenvalue weighted by Gasteiger charge is 2.25. The van der Waals surface area contributed by atoms with E-state index in [0.29, 0.717) is 22.5 Å². The lowest BCUT2D eigenvalue weighted by Gasteiger charge is -2.08. The van der Waals surface area contributed by atoms with Gasteiger partial charge in [0.15, 0.2) is 5.58 Å². The molecule has 0 amide bonds. The topological polar surface area (TPSA) is 78.4 Å². The quantitative estimate of drug-likeness (QED) is 0.871. The highest BCUT2D eigenvalue weighted by atomic mass is 32.2. The van der Waals surface area contributed by atoms with Gasteiger partial charge in [0.2, 0.25) is 0 Å². The van der Waals surface area contributed by atoms with E-state index in [9.17, 15) is 4.21 Å². The predicted octanol–water partition coefficient (Wildman–Crippen LogP) is 2.09. The second kappa shape index (κ2) is 4.94. The van der Waals surface area contributed by atoms with E-state index in [1.165, 1.54) is 0 Å². The van der Waals surface area contributed by atoms with E-state index in [1.807, 2.05) is 6.92 Å². The monoisotopic (exact) mass is 280 g/mol. The number of hydrogen-bond acceptors (Lipinski definition) is 5. The Morgan fingerprint density at radius 1 is 1.47 bits per heavy atom. The van der Waals surface area contributed by atoms with Crippen LogP contribution in [0.2, 0.25) is 0 Å². The van der Waals surface area contributed by atoms with E-state index in [4.69, 9.17) is 14.9 Å². The Labute approximate surface area is 113 Å². The van der Waals surface area contributed by atoms with Crippen LogP contribution >= 0.6 is 0 Å². The van der Waals surface area contributed by atoms with Crippen molar-refractivity contribution in [3.05, 3.63) is 18.2 Å². The number of oxazole rings is 1. The lowest BCUT2D eigenvalue weighted by atomic mass is 10.2. The molecule has 0 saturated carbocycles. The molecule has 0 bridgehead atoms. The number of rotatable bonds is 3. The maximum Gasteiger partial charge on any atom is 0.288 e. The van der Waals surface area contributed by atoms with E-state index in [0.717, 1.165) is 12.8 Å². The van der Waals surface area contributed by atoms with E-state index in [-0.39, 0.29) is 17.4 Å². The second-order valence-electron chi connectivity index (χ2n) is 4.87. The molecule has 1 aromatic carbocycles. The van der Waals surface area contributed by atoms with Crippen molar-refractivity contribution in [1.82, 2.24) is 4.98 Å². The fourth-order valence-corrected chi connectivity index (χ4v) is 3.38. The third-order valence-corrected chi connectivity index (χ3v) is 4.48. The van der Waals surface area contributed by atoms with Crippen molar-refractivity contribution in [3.63, 3.8) is 0 Å². The largest absolute Gasteiger partial charge is 0.430 e. The maximum atomic E-state index is 12.2. The Morgan fingerprint density at radius 3 is 3.05 bits per heavy atom. The smallest absolute Gasteiger partial charge is 0.288 e. The summed E-state index contributed by atoms with van der Waals surface area (Å²) in [7, 11) is -1.27. The number of nitrogens with two attached hydrogens (primary N) is 1. The number of benzene rings is 1. The van der Waals surface area contributed by atoms with Gasteiger partial charge >= 0.3 is 0 Å². The maximum absolute atomic E-state index is 12.2. The van der Waals surface area contributed by atoms with Gasteiger partial charge in [-0.05, 0) is 38.0 Å². The summed E-state index contributed by atoms with van der Waals surface area (Å²) in [4.78, 5) is 4.23. The van der Waals surface area contributed by atoms with Crippen LogP contribution in [0.25, 0.3) is 11.1 Å². The minimum absolute atomic E-state index is 0.0379. The van der Waals surface area contributed by atoms with Crippen LogP contribution in [0.15, 0.2) is 27.8 Å². The molecule has 19 heavy (non-hydrogen) atoms. The summed E-state index contributed by atoms with van der Waals surface area (Å²) in [6, 6.07) is 5.20. The molecule has 102 valence electrons. The van der Waals surface area contributed by atoms with E-state index in [2.05, 4.69) is 4.98 Å². The van der Waals surface area contributed by atoms with E-state index < -0.39 is 10.8 Å². The number of hydrogen-bond donors (Lipinski definition) is 1. The van der Waals surface area contributed by atoms with Gasteiger partial charge in [0, 0.05) is 5.69 Å². The molecule has 3 rings (SSSR count). The number of nitrogen functional groups attached to an aromatic ring is 1. The van der Waals surface area contributed by atoms with Crippen molar-refractivity contribution in [1.29, 1.82) is 0 Å².